The quantitative estimate of drug-likeness (QED) is 0.648. The molecule has 156 valence electrons. The van der Waals surface area contributed by atoms with Crippen molar-refractivity contribution in [3.8, 4) is 11.3 Å². The van der Waals surface area contributed by atoms with Crippen molar-refractivity contribution in [3.05, 3.63) is 66.9 Å². The highest BCUT2D eigenvalue weighted by Crippen LogP contribution is 2.42. The van der Waals surface area contributed by atoms with Crippen molar-refractivity contribution in [2.75, 3.05) is 26.7 Å². The van der Waals surface area contributed by atoms with Gasteiger partial charge in [-0.2, -0.15) is 4.31 Å². The topological polar surface area (TPSA) is 71.3 Å². The molecule has 1 aromatic carbocycles. The molecule has 0 bridgehead atoms. The van der Waals surface area contributed by atoms with Crippen LogP contribution in [0, 0.1) is 0 Å². The monoisotopic (exact) mass is 423 g/mol. The van der Waals surface area contributed by atoms with Gasteiger partial charge in [-0.05, 0) is 44.2 Å². The van der Waals surface area contributed by atoms with E-state index in [1.54, 1.807) is 34.8 Å². The zero-order chi connectivity index (χ0) is 20.8. The molecule has 1 fully saturated rings. The van der Waals surface area contributed by atoms with Crippen molar-refractivity contribution >= 4 is 10.0 Å². The molecule has 0 amide bonds. The summed E-state index contributed by atoms with van der Waals surface area (Å²) in [4.78, 5) is 11.8. The molecule has 0 N–H and O–H groups in total. The fourth-order valence-electron chi connectivity index (χ4n) is 4.80. The molecule has 0 aliphatic carbocycles. The molecule has 0 radical (unpaired) electrons. The molecular weight excluding hydrogens is 398 g/mol. The summed E-state index contributed by atoms with van der Waals surface area (Å²) in [6.45, 7) is 2.74. The molecule has 2 aromatic heterocycles. The highest BCUT2D eigenvalue weighted by Gasteiger charge is 2.47. The van der Waals surface area contributed by atoms with Gasteiger partial charge in [0.2, 0.25) is 10.0 Å². The Morgan fingerprint density at radius 3 is 2.40 bits per heavy atom. The van der Waals surface area contributed by atoms with Crippen LogP contribution in [-0.4, -0.2) is 58.8 Å². The van der Waals surface area contributed by atoms with Crippen LogP contribution < -0.4 is 0 Å². The van der Waals surface area contributed by atoms with Crippen LogP contribution in [-0.2, 0) is 22.1 Å². The molecule has 1 saturated heterocycles. The van der Waals surface area contributed by atoms with Crippen LogP contribution in [0.2, 0.25) is 0 Å². The maximum absolute atomic E-state index is 13.1. The fourth-order valence-corrected chi connectivity index (χ4v) is 6.26. The van der Waals surface area contributed by atoms with Crippen molar-refractivity contribution in [2.24, 2.45) is 0 Å². The predicted molar refractivity (Wildman–Crippen MR) is 114 cm³/mol. The van der Waals surface area contributed by atoms with Crippen molar-refractivity contribution in [3.63, 3.8) is 0 Å². The number of aromatic nitrogens is 3. The molecule has 5 rings (SSSR count). The standard InChI is InChI=1S/C22H25N5O2S/c1-25-14-15-27-20(18-6-5-11-23-16-18)17-24-21(27)22(25)9-12-26(13-10-22)30(28,29)19-7-3-2-4-8-19/h2-8,11,16-17H,9-10,12-15H2,1H3. The van der Waals surface area contributed by atoms with E-state index in [1.807, 2.05) is 24.5 Å². The lowest BCUT2D eigenvalue weighted by atomic mass is 9.84. The Morgan fingerprint density at radius 2 is 1.70 bits per heavy atom. The molecular formula is C22H25N5O2S. The molecule has 7 nitrogen and oxygen atoms in total. The Bertz CT molecular complexity index is 1140. The smallest absolute Gasteiger partial charge is 0.243 e. The Labute approximate surface area is 177 Å². The number of hydrogen-bond acceptors (Lipinski definition) is 5. The summed E-state index contributed by atoms with van der Waals surface area (Å²) < 4.78 is 30.0. The number of likely N-dealkylation sites (N-methyl/N-ethyl adjacent to an activating group) is 1. The Balaban J connectivity index is 1.45. The van der Waals surface area contributed by atoms with E-state index in [0.717, 1.165) is 43.0 Å². The van der Waals surface area contributed by atoms with Gasteiger partial charge in [-0.1, -0.05) is 18.2 Å². The van der Waals surface area contributed by atoms with Gasteiger partial charge in [-0.15, -0.1) is 0 Å². The molecule has 0 saturated carbocycles. The van der Waals surface area contributed by atoms with Gasteiger partial charge in [-0.25, -0.2) is 13.4 Å². The highest BCUT2D eigenvalue weighted by atomic mass is 32.2. The van der Waals surface area contributed by atoms with Gasteiger partial charge in [0.1, 0.15) is 5.82 Å². The van der Waals surface area contributed by atoms with Gasteiger partial charge in [0.05, 0.1) is 22.3 Å². The molecule has 1 spiro atoms. The zero-order valence-corrected chi connectivity index (χ0v) is 17.8. The van der Waals surface area contributed by atoms with E-state index in [2.05, 4.69) is 27.6 Å². The van der Waals surface area contributed by atoms with Gasteiger partial charge in [-0.3, -0.25) is 9.88 Å². The second kappa shape index (κ2) is 7.30. The number of hydrogen-bond donors (Lipinski definition) is 0. The van der Waals surface area contributed by atoms with Crippen molar-refractivity contribution < 1.29 is 8.42 Å². The van der Waals surface area contributed by atoms with Crippen molar-refractivity contribution in [1.29, 1.82) is 0 Å². The van der Waals surface area contributed by atoms with Crippen molar-refractivity contribution in [1.82, 2.24) is 23.7 Å². The molecule has 2 aliphatic rings. The third kappa shape index (κ3) is 2.98. The Hall–Kier alpha value is -2.55. The summed E-state index contributed by atoms with van der Waals surface area (Å²) in [5.74, 6) is 1.03. The minimum Gasteiger partial charge on any atom is -0.325 e. The van der Waals surface area contributed by atoms with Crippen LogP contribution in [0.15, 0.2) is 66.0 Å². The third-order valence-corrected chi connectivity index (χ3v) is 8.46. The molecule has 0 unspecified atom stereocenters. The first-order chi connectivity index (χ1) is 14.5. The lowest BCUT2D eigenvalue weighted by Crippen LogP contribution is -2.57. The lowest BCUT2D eigenvalue weighted by molar-refractivity contribution is 0.0274. The molecule has 0 atom stereocenters. The summed E-state index contributed by atoms with van der Waals surface area (Å²) >= 11 is 0. The third-order valence-electron chi connectivity index (χ3n) is 6.55. The Kier molecular flexibility index (Phi) is 4.72. The number of benzene rings is 1. The lowest BCUT2D eigenvalue weighted by Gasteiger charge is -2.49. The fraction of sp³-hybridized carbons (Fsp3) is 0.364. The number of nitrogens with zero attached hydrogens (tertiary/aromatic N) is 5. The van der Waals surface area contributed by atoms with E-state index >= 15 is 0 Å². The largest absolute Gasteiger partial charge is 0.325 e. The maximum atomic E-state index is 13.1. The average molecular weight is 424 g/mol. The van der Waals surface area contributed by atoms with E-state index in [9.17, 15) is 8.42 Å². The molecule has 2 aliphatic heterocycles. The Morgan fingerprint density at radius 1 is 0.933 bits per heavy atom. The first-order valence-electron chi connectivity index (χ1n) is 10.3. The minimum atomic E-state index is -3.47. The number of piperidine rings is 1. The average Bonchev–Trinajstić information content (AvgIpc) is 3.23. The van der Waals surface area contributed by atoms with Crippen LogP contribution >= 0.6 is 0 Å². The van der Waals surface area contributed by atoms with Gasteiger partial charge in [0, 0.05) is 44.1 Å². The van der Waals surface area contributed by atoms with Gasteiger partial charge in [0.15, 0.2) is 0 Å². The number of sulfonamides is 1. The van der Waals surface area contributed by atoms with E-state index in [1.165, 1.54) is 0 Å². The normalized spacial score (nSPS) is 19.6. The number of rotatable bonds is 3. The van der Waals surface area contributed by atoms with Crippen molar-refractivity contribution in [2.45, 2.75) is 29.8 Å². The van der Waals surface area contributed by atoms with Crippen LogP contribution in [0.25, 0.3) is 11.3 Å². The number of imidazole rings is 1. The summed E-state index contributed by atoms with van der Waals surface area (Å²) in [6, 6.07) is 12.7. The number of pyridine rings is 1. The zero-order valence-electron chi connectivity index (χ0n) is 17.0. The van der Waals surface area contributed by atoms with Gasteiger partial charge in [0.25, 0.3) is 0 Å². The first-order valence-corrected chi connectivity index (χ1v) is 11.7. The molecule has 3 aromatic rings. The van der Waals surface area contributed by atoms with E-state index < -0.39 is 10.0 Å². The molecule has 30 heavy (non-hydrogen) atoms. The van der Waals surface area contributed by atoms with E-state index in [0.29, 0.717) is 18.0 Å². The predicted octanol–water partition coefficient (Wildman–Crippen LogP) is 2.57. The first kappa shape index (κ1) is 19.4. The van der Waals surface area contributed by atoms with Crippen LogP contribution in [0.4, 0.5) is 0 Å². The van der Waals surface area contributed by atoms with Crippen LogP contribution in [0.3, 0.4) is 0 Å². The van der Waals surface area contributed by atoms with Gasteiger partial charge < -0.3 is 4.57 Å². The van der Waals surface area contributed by atoms with Crippen LogP contribution in [0.1, 0.15) is 18.7 Å². The summed E-state index contributed by atoms with van der Waals surface area (Å²) in [7, 11) is -1.34. The summed E-state index contributed by atoms with van der Waals surface area (Å²) in [5.41, 5.74) is 1.88. The second-order valence-electron chi connectivity index (χ2n) is 8.03. The van der Waals surface area contributed by atoms with Gasteiger partial charge >= 0.3 is 0 Å². The molecule has 8 heteroatoms. The minimum absolute atomic E-state index is 0.249. The van der Waals surface area contributed by atoms with E-state index in [4.69, 9.17) is 4.98 Å². The second-order valence-corrected chi connectivity index (χ2v) is 9.97. The molecule has 4 heterocycles. The summed E-state index contributed by atoms with van der Waals surface area (Å²) in [6.07, 6.45) is 7.01. The SMILES string of the molecule is CN1CCn2c(-c3cccnc3)cnc2C12CCN(S(=O)(=O)c1ccccc1)CC2. The van der Waals surface area contributed by atoms with E-state index in [-0.39, 0.29) is 5.54 Å². The number of fused-ring (bicyclic) bond motifs is 2. The maximum Gasteiger partial charge on any atom is 0.243 e. The van der Waals surface area contributed by atoms with Crippen LogP contribution in [0.5, 0.6) is 0 Å². The summed E-state index contributed by atoms with van der Waals surface area (Å²) in [5, 5.41) is 0. The highest BCUT2D eigenvalue weighted by molar-refractivity contribution is 7.89.